The van der Waals surface area contributed by atoms with Crippen LogP contribution in [0.25, 0.3) is 0 Å². The molecule has 0 fully saturated rings. The standard InChI is InChI=1S/C13H19N3O2S3/c1-4-5-14-7-11-6-12(19-8-11)21(17,18)16-13-15-9(2)10(3)20-13/h6,8,14H,4-5,7H2,1-3H3,(H,15,16). The lowest BCUT2D eigenvalue weighted by atomic mass is 10.3. The van der Waals surface area contributed by atoms with Crippen LogP contribution in [0.4, 0.5) is 5.13 Å². The second-order valence-corrected chi connectivity index (χ2v) is 8.74. The predicted molar refractivity (Wildman–Crippen MR) is 88.7 cm³/mol. The molecule has 0 aliphatic heterocycles. The SMILES string of the molecule is CCCNCc1csc(S(=O)(=O)Nc2nc(C)c(C)s2)c1. The van der Waals surface area contributed by atoms with Crippen molar-refractivity contribution in [2.24, 2.45) is 0 Å². The van der Waals surface area contributed by atoms with Crippen molar-refractivity contribution in [1.29, 1.82) is 0 Å². The van der Waals surface area contributed by atoms with Gasteiger partial charge in [0.2, 0.25) is 0 Å². The molecule has 0 unspecified atom stereocenters. The van der Waals surface area contributed by atoms with E-state index in [1.807, 2.05) is 19.2 Å². The largest absolute Gasteiger partial charge is 0.313 e. The molecular weight excluding hydrogens is 326 g/mol. The molecule has 2 aromatic rings. The first-order valence-corrected chi connectivity index (χ1v) is 9.85. The zero-order valence-electron chi connectivity index (χ0n) is 12.3. The normalized spacial score (nSPS) is 11.8. The molecule has 0 bridgehead atoms. The average Bonchev–Trinajstić information content (AvgIpc) is 2.98. The summed E-state index contributed by atoms with van der Waals surface area (Å²) in [5, 5.41) is 5.55. The number of rotatable bonds is 7. The first-order valence-electron chi connectivity index (χ1n) is 6.67. The quantitative estimate of drug-likeness (QED) is 0.756. The fourth-order valence-corrected chi connectivity index (χ4v) is 4.94. The smallest absolute Gasteiger partial charge is 0.273 e. The van der Waals surface area contributed by atoms with Crippen LogP contribution in [0, 0.1) is 13.8 Å². The van der Waals surface area contributed by atoms with Crippen molar-refractivity contribution in [1.82, 2.24) is 10.3 Å². The molecule has 2 heterocycles. The lowest BCUT2D eigenvalue weighted by Crippen LogP contribution is -2.13. The molecule has 2 rings (SSSR count). The molecule has 2 N–H and O–H groups in total. The number of thiophene rings is 1. The molecule has 0 atom stereocenters. The van der Waals surface area contributed by atoms with Crippen molar-refractivity contribution in [3.63, 3.8) is 0 Å². The van der Waals surface area contributed by atoms with Gasteiger partial charge in [0.05, 0.1) is 5.69 Å². The van der Waals surface area contributed by atoms with Gasteiger partial charge in [-0.3, -0.25) is 4.72 Å². The Balaban J connectivity index is 2.08. The van der Waals surface area contributed by atoms with Gasteiger partial charge in [-0.05, 0) is 43.8 Å². The van der Waals surface area contributed by atoms with Gasteiger partial charge in [0.25, 0.3) is 10.0 Å². The molecule has 0 amide bonds. The number of sulfonamides is 1. The van der Waals surface area contributed by atoms with Gasteiger partial charge in [0.15, 0.2) is 5.13 Å². The van der Waals surface area contributed by atoms with E-state index >= 15 is 0 Å². The monoisotopic (exact) mass is 345 g/mol. The van der Waals surface area contributed by atoms with E-state index in [1.165, 1.54) is 22.7 Å². The van der Waals surface area contributed by atoms with Crippen molar-refractivity contribution in [3.8, 4) is 0 Å². The number of nitrogens with one attached hydrogen (secondary N) is 2. The predicted octanol–water partition coefficient (Wildman–Crippen LogP) is 3.12. The number of hydrogen-bond donors (Lipinski definition) is 2. The molecule has 0 aromatic carbocycles. The van der Waals surface area contributed by atoms with Gasteiger partial charge in [-0.15, -0.1) is 22.7 Å². The Labute approximate surface area is 133 Å². The van der Waals surface area contributed by atoms with Gasteiger partial charge in [0.1, 0.15) is 4.21 Å². The summed E-state index contributed by atoms with van der Waals surface area (Å²) in [4.78, 5) is 5.23. The third-order valence-corrected chi connectivity index (χ3v) is 6.85. The molecule has 5 nitrogen and oxygen atoms in total. The fourth-order valence-electron chi connectivity index (χ4n) is 1.68. The highest BCUT2D eigenvalue weighted by molar-refractivity contribution is 7.94. The highest BCUT2D eigenvalue weighted by Gasteiger charge is 2.19. The second-order valence-electron chi connectivity index (χ2n) is 4.72. The van der Waals surface area contributed by atoms with Crippen LogP contribution in [0.1, 0.15) is 29.5 Å². The number of thiazole rings is 1. The molecule has 0 aliphatic rings. The van der Waals surface area contributed by atoms with Crippen molar-refractivity contribution in [3.05, 3.63) is 27.6 Å². The third-order valence-electron chi connectivity index (χ3n) is 2.90. The minimum atomic E-state index is -3.54. The second kappa shape index (κ2) is 6.87. The first kappa shape index (κ1) is 16.4. The summed E-state index contributed by atoms with van der Waals surface area (Å²) in [6.45, 7) is 7.50. The van der Waals surface area contributed by atoms with Crippen molar-refractivity contribution in [2.75, 3.05) is 11.3 Å². The van der Waals surface area contributed by atoms with Gasteiger partial charge in [-0.1, -0.05) is 6.92 Å². The molecule has 0 spiro atoms. The van der Waals surface area contributed by atoms with Gasteiger partial charge >= 0.3 is 0 Å². The maximum Gasteiger partial charge on any atom is 0.273 e. The molecule has 116 valence electrons. The molecule has 0 saturated heterocycles. The number of anilines is 1. The molecular formula is C13H19N3O2S3. The molecule has 8 heteroatoms. The maximum atomic E-state index is 12.3. The number of aryl methyl sites for hydroxylation is 2. The number of aromatic nitrogens is 1. The van der Waals surface area contributed by atoms with Crippen LogP contribution in [0.5, 0.6) is 0 Å². The zero-order valence-corrected chi connectivity index (χ0v) is 14.7. The third kappa shape index (κ3) is 4.26. The summed E-state index contributed by atoms with van der Waals surface area (Å²) in [6.07, 6.45) is 1.06. The van der Waals surface area contributed by atoms with Crippen LogP contribution in [-0.2, 0) is 16.6 Å². The molecule has 0 saturated carbocycles. The van der Waals surface area contributed by atoms with E-state index in [0.717, 1.165) is 29.1 Å². The first-order chi connectivity index (χ1) is 9.92. The lowest BCUT2D eigenvalue weighted by molar-refractivity contribution is 0.603. The minimum absolute atomic E-state index is 0.321. The summed E-state index contributed by atoms with van der Waals surface area (Å²) < 4.78 is 27.5. The van der Waals surface area contributed by atoms with Crippen LogP contribution in [0.15, 0.2) is 15.7 Å². The fraction of sp³-hybridized carbons (Fsp3) is 0.462. The van der Waals surface area contributed by atoms with E-state index in [1.54, 1.807) is 6.07 Å². The summed E-state index contributed by atoms with van der Waals surface area (Å²) in [5.41, 5.74) is 1.84. The van der Waals surface area contributed by atoms with E-state index in [-0.39, 0.29) is 0 Å². The highest BCUT2D eigenvalue weighted by atomic mass is 32.2. The van der Waals surface area contributed by atoms with E-state index in [4.69, 9.17) is 0 Å². The topological polar surface area (TPSA) is 71.1 Å². The Morgan fingerprint density at radius 2 is 2.10 bits per heavy atom. The maximum absolute atomic E-state index is 12.3. The minimum Gasteiger partial charge on any atom is -0.313 e. The van der Waals surface area contributed by atoms with Crippen molar-refractivity contribution < 1.29 is 8.42 Å². The van der Waals surface area contributed by atoms with E-state index < -0.39 is 10.0 Å². The Morgan fingerprint density at radius 3 is 2.71 bits per heavy atom. The van der Waals surface area contributed by atoms with Gasteiger partial charge in [-0.2, -0.15) is 0 Å². The van der Waals surface area contributed by atoms with Crippen LogP contribution >= 0.6 is 22.7 Å². The summed E-state index contributed by atoms with van der Waals surface area (Å²) in [5.74, 6) is 0. The van der Waals surface area contributed by atoms with E-state index in [2.05, 4.69) is 21.9 Å². The van der Waals surface area contributed by atoms with E-state index in [0.29, 0.717) is 15.9 Å². The summed E-state index contributed by atoms with van der Waals surface area (Å²) in [7, 11) is -3.54. The Morgan fingerprint density at radius 1 is 1.33 bits per heavy atom. The van der Waals surface area contributed by atoms with Crippen LogP contribution in [-0.4, -0.2) is 19.9 Å². The molecule has 0 radical (unpaired) electrons. The molecule has 2 aromatic heterocycles. The van der Waals surface area contributed by atoms with Crippen molar-refractivity contribution in [2.45, 2.75) is 37.9 Å². The lowest BCUT2D eigenvalue weighted by Gasteiger charge is -2.02. The Bertz CT molecular complexity index is 685. The molecule has 21 heavy (non-hydrogen) atoms. The average molecular weight is 346 g/mol. The highest BCUT2D eigenvalue weighted by Crippen LogP contribution is 2.26. The van der Waals surface area contributed by atoms with Gasteiger partial charge in [0, 0.05) is 11.4 Å². The zero-order chi connectivity index (χ0) is 15.5. The summed E-state index contributed by atoms with van der Waals surface area (Å²) in [6, 6.07) is 1.71. The van der Waals surface area contributed by atoms with Gasteiger partial charge < -0.3 is 5.32 Å². The van der Waals surface area contributed by atoms with Crippen LogP contribution < -0.4 is 10.0 Å². The summed E-state index contributed by atoms with van der Waals surface area (Å²) >= 11 is 2.58. The molecule has 0 aliphatic carbocycles. The van der Waals surface area contributed by atoms with E-state index in [9.17, 15) is 8.42 Å². The Hall–Kier alpha value is -0.960. The van der Waals surface area contributed by atoms with Crippen LogP contribution in [0.2, 0.25) is 0 Å². The van der Waals surface area contributed by atoms with Crippen LogP contribution in [0.3, 0.4) is 0 Å². The Kier molecular flexibility index (Phi) is 5.37. The number of hydrogen-bond acceptors (Lipinski definition) is 6. The number of nitrogens with zero attached hydrogens (tertiary/aromatic N) is 1. The van der Waals surface area contributed by atoms with Gasteiger partial charge in [-0.25, -0.2) is 13.4 Å². The van der Waals surface area contributed by atoms with Crippen molar-refractivity contribution >= 4 is 37.8 Å².